The summed E-state index contributed by atoms with van der Waals surface area (Å²) in [6.45, 7) is 2.35. The van der Waals surface area contributed by atoms with Gasteiger partial charge in [-0.15, -0.1) is 0 Å². The van der Waals surface area contributed by atoms with Crippen LogP contribution in [0, 0.1) is 11.7 Å². The predicted molar refractivity (Wildman–Crippen MR) is 99.2 cm³/mol. The zero-order valence-corrected chi connectivity index (χ0v) is 15.5. The largest absolute Gasteiger partial charge is 0.416 e. The molecule has 0 aromatic heterocycles. The van der Waals surface area contributed by atoms with Crippen LogP contribution in [0.5, 0.6) is 0 Å². The molecule has 1 heterocycles. The van der Waals surface area contributed by atoms with Crippen LogP contribution in [0.4, 0.5) is 17.6 Å². The maximum atomic E-state index is 13.3. The number of ketones is 1. The standard InChI is InChI=1S/C22H23F4NO/c23-20-6-2-4-18(12-20)15-27-9-7-16(8-10-27)13-21(28)14-17-3-1-5-19(11-17)22(24,25)26/h1-6,11-12,16H,7-10,13-15H2. The van der Waals surface area contributed by atoms with Crippen molar-refractivity contribution in [3.63, 3.8) is 0 Å². The summed E-state index contributed by atoms with van der Waals surface area (Å²) in [5, 5.41) is 0. The fraction of sp³-hybridized carbons (Fsp3) is 0.409. The minimum absolute atomic E-state index is 0.0251. The van der Waals surface area contributed by atoms with Gasteiger partial charge in [-0.2, -0.15) is 13.2 Å². The lowest BCUT2D eigenvalue weighted by molar-refractivity contribution is -0.137. The van der Waals surface area contributed by atoms with Crippen LogP contribution in [0.25, 0.3) is 0 Å². The molecule has 0 N–H and O–H groups in total. The average molecular weight is 393 g/mol. The average Bonchev–Trinajstić information content (AvgIpc) is 2.63. The van der Waals surface area contributed by atoms with Gasteiger partial charge in [-0.3, -0.25) is 9.69 Å². The molecule has 2 nitrogen and oxygen atoms in total. The molecule has 1 saturated heterocycles. The minimum atomic E-state index is -4.40. The van der Waals surface area contributed by atoms with Crippen molar-refractivity contribution in [3.05, 3.63) is 71.0 Å². The first kappa shape index (κ1) is 20.5. The second-order valence-corrected chi connectivity index (χ2v) is 7.47. The van der Waals surface area contributed by atoms with Gasteiger partial charge in [0.25, 0.3) is 0 Å². The van der Waals surface area contributed by atoms with Crippen LogP contribution >= 0.6 is 0 Å². The molecule has 0 saturated carbocycles. The van der Waals surface area contributed by atoms with Gasteiger partial charge in [0.15, 0.2) is 0 Å². The topological polar surface area (TPSA) is 20.3 Å². The number of benzene rings is 2. The lowest BCUT2D eigenvalue weighted by Gasteiger charge is -2.31. The maximum absolute atomic E-state index is 13.3. The number of alkyl halides is 3. The Morgan fingerprint density at radius 2 is 1.68 bits per heavy atom. The molecule has 0 atom stereocenters. The van der Waals surface area contributed by atoms with Gasteiger partial charge in [-0.25, -0.2) is 4.39 Å². The summed E-state index contributed by atoms with van der Waals surface area (Å²) in [5.41, 5.74) is 0.617. The summed E-state index contributed by atoms with van der Waals surface area (Å²) in [6, 6.07) is 11.5. The van der Waals surface area contributed by atoms with E-state index in [0.717, 1.165) is 43.6 Å². The Kier molecular flexibility index (Phi) is 6.50. The van der Waals surface area contributed by atoms with E-state index in [4.69, 9.17) is 0 Å². The summed E-state index contributed by atoms with van der Waals surface area (Å²) in [5.74, 6) is -0.0162. The lowest BCUT2D eigenvalue weighted by atomic mass is 9.89. The molecule has 0 unspecified atom stereocenters. The smallest absolute Gasteiger partial charge is 0.299 e. The molecule has 0 radical (unpaired) electrons. The van der Waals surface area contributed by atoms with Crippen LogP contribution in [-0.4, -0.2) is 23.8 Å². The first-order valence-electron chi connectivity index (χ1n) is 9.44. The second kappa shape index (κ2) is 8.86. The summed E-state index contributed by atoms with van der Waals surface area (Å²) in [6.07, 6.45) is -2.24. The highest BCUT2D eigenvalue weighted by Crippen LogP contribution is 2.30. The van der Waals surface area contributed by atoms with Crippen molar-refractivity contribution in [1.29, 1.82) is 0 Å². The predicted octanol–water partition coefficient (Wildman–Crippen LogP) is 5.26. The van der Waals surface area contributed by atoms with Gasteiger partial charge in [-0.05, 0) is 61.2 Å². The van der Waals surface area contributed by atoms with Crippen LogP contribution in [0.15, 0.2) is 48.5 Å². The Balaban J connectivity index is 1.46. The molecule has 3 rings (SSSR count). The number of rotatable bonds is 6. The number of carbonyl (C=O) groups excluding carboxylic acids is 1. The van der Waals surface area contributed by atoms with Crippen molar-refractivity contribution in [2.24, 2.45) is 5.92 Å². The number of Topliss-reactive ketones (excluding diaryl/α,β-unsaturated/α-hetero) is 1. The van der Waals surface area contributed by atoms with Gasteiger partial charge in [-0.1, -0.05) is 30.3 Å². The Morgan fingerprint density at radius 1 is 1.00 bits per heavy atom. The van der Waals surface area contributed by atoms with E-state index in [2.05, 4.69) is 4.90 Å². The van der Waals surface area contributed by atoms with Crippen LogP contribution in [0.2, 0.25) is 0 Å². The molecule has 0 amide bonds. The molecule has 28 heavy (non-hydrogen) atoms. The third kappa shape index (κ3) is 5.89. The van der Waals surface area contributed by atoms with E-state index < -0.39 is 11.7 Å². The van der Waals surface area contributed by atoms with Gasteiger partial charge in [0.2, 0.25) is 0 Å². The minimum Gasteiger partial charge on any atom is -0.299 e. The summed E-state index contributed by atoms with van der Waals surface area (Å²) in [7, 11) is 0. The number of nitrogens with zero attached hydrogens (tertiary/aromatic N) is 1. The second-order valence-electron chi connectivity index (χ2n) is 7.47. The van der Waals surface area contributed by atoms with Crippen molar-refractivity contribution in [2.75, 3.05) is 13.1 Å². The van der Waals surface area contributed by atoms with Crippen LogP contribution in [-0.2, 0) is 23.9 Å². The zero-order valence-electron chi connectivity index (χ0n) is 15.5. The molecule has 2 aromatic rings. The van der Waals surface area contributed by atoms with Gasteiger partial charge in [0.05, 0.1) is 5.56 Å². The quantitative estimate of drug-likeness (QED) is 0.624. The van der Waals surface area contributed by atoms with Crippen molar-refractivity contribution >= 4 is 5.78 Å². The Bertz CT molecular complexity index is 810. The Hall–Kier alpha value is -2.21. The van der Waals surface area contributed by atoms with Gasteiger partial charge in [0, 0.05) is 19.4 Å². The first-order valence-corrected chi connectivity index (χ1v) is 9.44. The van der Waals surface area contributed by atoms with E-state index in [9.17, 15) is 22.4 Å². The SMILES string of the molecule is O=C(Cc1cccc(C(F)(F)F)c1)CC1CCN(Cc2cccc(F)c2)CC1. The highest BCUT2D eigenvalue weighted by atomic mass is 19.4. The normalized spacial score (nSPS) is 16.3. The van der Waals surface area contributed by atoms with Gasteiger partial charge in [0.1, 0.15) is 11.6 Å². The van der Waals surface area contributed by atoms with E-state index in [1.807, 2.05) is 6.07 Å². The third-order valence-electron chi connectivity index (χ3n) is 5.17. The number of halogens is 4. The van der Waals surface area contributed by atoms with Crippen LogP contribution < -0.4 is 0 Å². The number of hydrogen-bond donors (Lipinski definition) is 0. The van der Waals surface area contributed by atoms with E-state index in [1.54, 1.807) is 12.1 Å². The maximum Gasteiger partial charge on any atom is 0.416 e. The first-order chi connectivity index (χ1) is 13.3. The lowest BCUT2D eigenvalue weighted by Crippen LogP contribution is -2.34. The number of likely N-dealkylation sites (tertiary alicyclic amines) is 1. The molecule has 1 aliphatic rings. The summed E-state index contributed by atoms with van der Waals surface area (Å²) in [4.78, 5) is 14.6. The van der Waals surface area contributed by atoms with Gasteiger partial charge < -0.3 is 0 Å². The van der Waals surface area contributed by atoms with E-state index >= 15 is 0 Å². The van der Waals surface area contributed by atoms with Crippen LogP contribution in [0.1, 0.15) is 36.0 Å². The number of carbonyl (C=O) groups is 1. The van der Waals surface area contributed by atoms with E-state index in [-0.39, 0.29) is 23.9 Å². The van der Waals surface area contributed by atoms with Crippen molar-refractivity contribution in [3.8, 4) is 0 Å². The van der Waals surface area contributed by atoms with Crippen molar-refractivity contribution in [2.45, 2.75) is 38.4 Å². The molecular weight excluding hydrogens is 370 g/mol. The molecule has 1 aliphatic heterocycles. The molecule has 0 bridgehead atoms. The van der Waals surface area contributed by atoms with E-state index in [1.165, 1.54) is 18.2 Å². The summed E-state index contributed by atoms with van der Waals surface area (Å²) < 4.78 is 51.6. The molecule has 0 aliphatic carbocycles. The fourth-order valence-electron chi connectivity index (χ4n) is 3.72. The van der Waals surface area contributed by atoms with Crippen molar-refractivity contribution < 1.29 is 22.4 Å². The Labute approximate surface area is 162 Å². The fourth-order valence-corrected chi connectivity index (χ4v) is 3.72. The molecule has 6 heteroatoms. The number of piperidine rings is 1. The monoisotopic (exact) mass is 393 g/mol. The van der Waals surface area contributed by atoms with Crippen molar-refractivity contribution in [1.82, 2.24) is 4.90 Å². The summed E-state index contributed by atoms with van der Waals surface area (Å²) >= 11 is 0. The third-order valence-corrected chi connectivity index (χ3v) is 5.17. The highest BCUT2D eigenvalue weighted by molar-refractivity contribution is 5.81. The number of hydrogen-bond acceptors (Lipinski definition) is 2. The van der Waals surface area contributed by atoms with E-state index in [0.29, 0.717) is 18.5 Å². The highest BCUT2D eigenvalue weighted by Gasteiger charge is 2.30. The molecule has 0 spiro atoms. The molecular formula is C22H23F4NO. The zero-order chi connectivity index (χ0) is 20.1. The van der Waals surface area contributed by atoms with Gasteiger partial charge >= 0.3 is 6.18 Å². The van der Waals surface area contributed by atoms with Crippen LogP contribution in [0.3, 0.4) is 0 Å². The molecule has 2 aromatic carbocycles. The molecule has 1 fully saturated rings. The Morgan fingerprint density at radius 3 is 2.36 bits per heavy atom. The molecule has 150 valence electrons.